The van der Waals surface area contributed by atoms with E-state index < -0.39 is 42.8 Å². The van der Waals surface area contributed by atoms with Gasteiger partial charge in [-0.05, 0) is 24.5 Å². The third-order valence-corrected chi connectivity index (χ3v) is 5.01. The van der Waals surface area contributed by atoms with Gasteiger partial charge in [-0.15, -0.1) is 0 Å². The molecule has 10 heteroatoms. The van der Waals surface area contributed by atoms with Crippen LogP contribution in [-0.4, -0.2) is 76.0 Å². The van der Waals surface area contributed by atoms with E-state index >= 15 is 0 Å². The van der Waals surface area contributed by atoms with Crippen LogP contribution in [0.1, 0.15) is 26.3 Å². The van der Waals surface area contributed by atoms with E-state index in [9.17, 15) is 24.9 Å². The molecule has 4 atom stereocenters. The topological polar surface area (TPSA) is 153 Å². The number of amides is 1. The molecule has 0 bridgehead atoms. The van der Waals surface area contributed by atoms with E-state index in [-0.39, 0.29) is 18.1 Å². The molecule has 1 aromatic carbocycles. The number of carboxylic acids is 1. The SMILES string of the molecule is CO[C@H](/C(=N/OCC(=O)N[C@@H](Cc1c[nH]c2ccccc12)C(=O)O)C(O)C(C)O)C(C)C. The van der Waals surface area contributed by atoms with Crippen molar-refractivity contribution in [2.75, 3.05) is 13.7 Å². The minimum Gasteiger partial charge on any atom is -0.480 e. The second-order valence-electron chi connectivity index (χ2n) is 7.90. The van der Waals surface area contributed by atoms with E-state index in [1.54, 1.807) is 6.20 Å². The Kier molecular flexibility index (Phi) is 9.18. The molecule has 1 amide bonds. The lowest BCUT2D eigenvalue weighted by Crippen LogP contribution is -2.44. The number of carboxylic acid groups (broad SMARTS) is 1. The van der Waals surface area contributed by atoms with E-state index in [0.717, 1.165) is 16.5 Å². The molecule has 0 spiro atoms. The van der Waals surface area contributed by atoms with Crippen molar-refractivity contribution >= 4 is 28.5 Å². The fourth-order valence-corrected chi connectivity index (χ4v) is 3.38. The third-order valence-electron chi connectivity index (χ3n) is 5.01. The Hall–Kier alpha value is -2.95. The maximum absolute atomic E-state index is 12.3. The second-order valence-corrected chi connectivity index (χ2v) is 7.90. The van der Waals surface area contributed by atoms with Gasteiger partial charge < -0.3 is 35.2 Å². The minimum absolute atomic E-state index is 0.0406. The van der Waals surface area contributed by atoms with Crippen molar-refractivity contribution in [3.8, 4) is 0 Å². The van der Waals surface area contributed by atoms with E-state index in [1.165, 1.54) is 14.0 Å². The van der Waals surface area contributed by atoms with Crippen LogP contribution in [0, 0.1) is 5.92 Å². The van der Waals surface area contributed by atoms with Gasteiger partial charge in [-0.3, -0.25) is 4.79 Å². The fourth-order valence-electron chi connectivity index (χ4n) is 3.38. The van der Waals surface area contributed by atoms with Crippen molar-refractivity contribution in [2.24, 2.45) is 11.1 Å². The number of nitrogens with one attached hydrogen (secondary N) is 2. The summed E-state index contributed by atoms with van der Waals surface area (Å²) in [6.45, 7) is 4.50. The van der Waals surface area contributed by atoms with E-state index in [4.69, 9.17) is 9.57 Å². The van der Waals surface area contributed by atoms with Gasteiger partial charge >= 0.3 is 5.97 Å². The van der Waals surface area contributed by atoms with Crippen LogP contribution in [-0.2, 0) is 25.6 Å². The second kappa shape index (κ2) is 11.6. The molecule has 0 aliphatic heterocycles. The number of methoxy groups -OCH3 is 1. The summed E-state index contributed by atoms with van der Waals surface area (Å²) >= 11 is 0. The largest absolute Gasteiger partial charge is 0.480 e. The molecule has 5 N–H and O–H groups in total. The standard InChI is InChI=1S/C22H31N3O7/c1-12(2)21(31-4)19(20(28)13(3)26)25-32-11-18(27)24-17(22(29)30)9-14-10-23-16-8-6-5-7-15(14)16/h5-8,10,12-13,17,20-21,23,26,28H,9,11H2,1-4H3,(H,24,27)(H,29,30)/b25-19+/t13?,17-,20?,21-/m0/s1. The summed E-state index contributed by atoms with van der Waals surface area (Å²) in [6, 6.07) is 6.30. The number of hydrogen-bond donors (Lipinski definition) is 5. The van der Waals surface area contributed by atoms with Crippen LogP contribution >= 0.6 is 0 Å². The molecular formula is C22H31N3O7. The number of aliphatic hydroxyl groups excluding tert-OH is 2. The first-order chi connectivity index (χ1) is 15.1. The van der Waals surface area contributed by atoms with Crippen LogP contribution < -0.4 is 5.32 Å². The predicted octanol–water partition coefficient (Wildman–Crippen LogP) is 1.07. The number of aromatic amines is 1. The number of carbonyl (C=O) groups is 2. The lowest BCUT2D eigenvalue weighted by molar-refractivity contribution is -0.142. The molecule has 10 nitrogen and oxygen atoms in total. The number of rotatable bonds is 12. The van der Waals surface area contributed by atoms with Crippen molar-refractivity contribution in [1.82, 2.24) is 10.3 Å². The highest BCUT2D eigenvalue weighted by Crippen LogP contribution is 2.19. The molecule has 176 valence electrons. The first kappa shape index (κ1) is 25.3. The van der Waals surface area contributed by atoms with Crippen molar-refractivity contribution in [3.63, 3.8) is 0 Å². The number of aliphatic carboxylic acids is 1. The Morgan fingerprint density at radius 1 is 1.19 bits per heavy atom. The van der Waals surface area contributed by atoms with Crippen LogP contribution in [0.15, 0.2) is 35.6 Å². The number of para-hydroxylation sites is 1. The Morgan fingerprint density at radius 3 is 2.47 bits per heavy atom. The summed E-state index contributed by atoms with van der Waals surface area (Å²) in [6.07, 6.45) is -1.32. The van der Waals surface area contributed by atoms with Crippen LogP contribution in [0.4, 0.5) is 0 Å². The number of aliphatic hydroxyl groups is 2. The molecule has 0 fully saturated rings. The van der Waals surface area contributed by atoms with Gasteiger partial charge in [0, 0.05) is 30.6 Å². The summed E-state index contributed by atoms with van der Waals surface area (Å²) < 4.78 is 5.33. The number of H-pyrrole nitrogens is 1. The molecule has 2 aromatic rings. The number of fused-ring (bicyclic) bond motifs is 1. The molecule has 0 saturated heterocycles. The smallest absolute Gasteiger partial charge is 0.326 e. The van der Waals surface area contributed by atoms with Crippen molar-refractivity contribution < 1.29 is 34.5 Å². The monoisotopic (exact) mass is 449 g/mol. The fraction of sp³-hybridized carbons (Fsp3) is 0.500. The van der Waals surface area contributed by atoms with E-state index in [2.05, 4.69) is 15.5 Å². The van der Waals surface area contributed by atoms with Crippen molar-refractivity contribution in [3.05, 3.63) is 36.0 Å². The number of carbonyl (C=O) groups excluding carboxylic acids is 1. The van der Waals surface area contributed by atoms with E-state index in [1.807, 2.05) is 38.1 Å². The number of hydrogen-bond acceptors (Lipinski definition) is 7. The summed E-state index contributed by atoms with van der Waals surface area (Å²) in [5, 5.41) is 36.6. The Balaban J connectivity index is 2.05. The highest BCUT2D eigenvalue weighted by molar-refractivity contribution is 5.93. The van der Waals surface area contributed by atoms with E-state index in [0.29, 0.717) is 0 Å². The van der Waals surface area contributed by atoms with Gasteiger partial charge in [0.1, 0.15) is 24.0 Å². The summed E-state index contributed by atoms with van der Waals surface area (Å²) in [5.41, 5.74) is 1.67. The Bertz CT molecular complexity index is 939. The van der Waals surface area contributed by atoms with Gasteiger partial charge in [0.15, 0.2) is 6.61 Å². The molecule has 0 saturated carbocycles. The molecule has 0 radical (unpaired) electrons. The van der Waals surface area contributed by atoms with Crippen LogP contribution in [0.2, 0.25) is 0 Å². The maximum atomic E-state index is 12.3. The average Bonchev–Trinajstić information content (AvgIpc) is 3.14. The van der Waals surface area contributed by atoms with Gasteiger partial charge in [0.05, 0.1) is 6.10 Å². The molecule has 0 aliphatic carbocycles. The van der Waals surface area contributed by atoms with Gasteiger partial charge in [0.25, 0.3) is 5.91 Å². The lowest BCUT2D eigenvalue weighted by Gasteiger charge is -2.25. The first-order valence-electron chi connectivity index (χ1n) is 10.3. The molecule has 32 heavy (non-hydrogen) atoms. The zero-order valence-electron chi connectivity index (χ0n) is 18.6. The molecule has 1 aromatic heterocycles. The van der Waals surface area contributed by atoms with Crippen LogP contribution in [0.3, 0.4) is 0 Å². The highest BCUT2D eigenvalue weighted by Gasteiger charge is 2.30. The highest BCUT2D eigenvalue weighted by atomic mass is 16.6. The predicted molar refractivity (Wildman–Crippen MR) is 118 cm³/mol. The number of benzene rings is 1. The number of oxime groups is 1. The minimum atomic E-state index is -1.35. The molecule has 0 aliphatic rings. The summed E-state index contributed by atoms with van der Waals surface area (Å²) in [5.74, 6) is -1.96. The van der Waals surface area contributed by atoms with Gasteiger partial charge in [-0.2, -0.15) is 0 Å². The first-order valence-corrected chi connectivity index (χ1v) is 10.3. The third kappa shape index (κ3) is 6.52. The average molecular weight is 450 g/mol. The quantitative estimate of drug-likeness (QED) is 0.240. The van der Waals surface area contributed by atoms with Gasteiger partial charge in [0.2, 0.25) is 0 Å². The lowest BCUT2D eigenvalue weighted by atomic mass is 9.96. The number of ether oxygens (including phenoxy) is 1. The normalized spacial score (nSPS) is 15.9. The molecule has 2 rings (SSSR count). The Morgan fingerprint density at radius 2 is 1.88 bits per heavy atom. The van der Waals surface area contributed by atoms with Crippen molar-refractivity contribution in [1.29, 1.82) is 0 Å². The summed E-state index contributed by atoms with van der Waals surface area (Å²) in [7, 11) is 1.43. The number of nitrogens with zero attached hydrogens (tertiary/aromatic N) is 1. The van der Waals surface area contributed by atoms with Gasteiger partial charge in [-0.25, -0.2) is 4.79 Å². The van der Waals surface area contributed by atoms with Crippen LogP contribution in [0.5, 0.6) is 0 Å². The van der Waals surface area contributed by atoms with Crippen LogP contribution in [0.25, 0.3) is 10.9 Å². The summed E-state index contributed by atoms with van der Waals surface area (Å²) in [4.78, 5) is 32.1. The van der Waals surface area contributed by atoms with Crippen molar-refractivity contribution in [2.45, 2.75) is 51.5 Å². The number of aromatic nitrogens is 1. The maximum Gasteiger partial charge on any atom is 0.326 e. The molecular weight excluding hydrogens is 418 g/mol. The molecule has 1 heterocycles. The van der Waals surface area contributed by atoms with Gasteiger partial charge in [-0.1, -0.05) is 37.2 Å². The zero-order chi connectivity index (χ0) is 23.8. The zero-order valence-corrected chi connectivity index (χ0v) is 18.6. The Labute approximate surface area is 186 Å². The molecule has 2 unspecified atom stereocenters.